The number of aromatic nitrogens is 5. The molecule has 0 aliphatic carbocycles. The van der Waals surface area contributed by atoms with Gasteiger partial charge in [0.25, 0.3) is 5.56 Å². The highest BCUT2D eigenvalue weighted by Crippen LogP contribution is 2.36. The minimum atomic E-state index is -0.744. The molecule has 3 aromatic rings. The SMILES string of the molecule is C[C@H]1Cc2cccc3c(O)c(C(=O)c4nn[nH]n4)c(=O)n1c23. The smallest absolute Gasteiger partial charge is 0.266 e. The van der Waals surface area contributed by atoms with Crippen molar-refractivity contribution in [2.45, 2.75) is 19.4 Å². The zero-order valence-corrected chi connectivity index (χ0v) is 11.6. The molecule has 2 aromatic heterocycles. The van der Waals surface area contributed by atoms with Gasteiger partial charge in [0.05, 0.1) is 5.52 Å². The summed E-state index contributed by atoms with van der Waals surface area (Å²) in [4.78, 5) is 25.1. The van der Waals surface area contributed by atoms with Gasteiger partial charge in [-0.2, -0.15) is 5.21 Å². The molecule has 1 aliphatic rings. The Morgan fingerprint density at radius 3 is 3.00 bits per heavy atom. The molecular weight excluding hydrogens is 286 g/mol. The third kappa shape index (κ3) is 1.49. The number of aromatic amines is 1. The van der Waals surface area contributed by atoms with Crippen LogP contribution in [0.5, 0.6) is 5.75 Å². The van der Waals surface area contributed by atoms with Gasteiger partial charge in [-0.3, -0.25) is 9.59 Å². The topological polar surface area (TPSA) is 114 Å². The quantitative estimate of drug-likeness (QED) is 0.668. The molecule has 110 valence electrons. The van der Waals surface area contributed by atoms with Crippen LogP contribution in [-0.2, 0) is 6.42 Å². The number of aromatic hydroxyl groups is 1. The van der Waals surface area contributed by atoms with Gasteiger partial charge < -0.3 is 9.67 Å². The normalized spacial score (nSPS) is 16.3. The van der Waals surface area contributed by atoms with E-state index >= 15 is 0 Å². The first kappa shape index (κ1) is 12.7. The number of pyridine rings is 1. The van der Waals surface area contributed by atoms with Crippen molar-refractivity contribution in [3.63, 3.8) is 0 Å². The number of hydrogen-bond donors (Lipinski definition) is 2. The molecule has 0 bridgehead atoms. The van der Waals surface area contributed by atoms with Gasteiger partial charge in [-0.25, -0.2) is 0 Å². The molecule has 4 rings (SSSR count). The number of nitrogens with zero attached hydrogens (tertiary/aromatic N) is 4. The first-order chi connectivity index (χ1) is 10.6. The molecule has 1 aromatic carbocycles. The largest absolute Gasteiger partial charge is 0.506 e. The molecule has 0 unspecified atom stereocenters. The highest BCUT2D eigenvalue weighted by molar-refractivity contribution is 6.11. The van der Waals surface area contributed by atoms with E-state index in [2.05, 4.69) is 20.6 Å². The summed E-state index contributed by atoms with van der Waals surface area (Å²) in [6.45, 7) is 1.90. The number of rotatable bonds is 2. The number of hydrogen-bond acceptors (Lipinski definition) is 6. The fraction of sp³-hybridized carbons (Fsp3) is 0.214. The summed E-state index contributed by atoms with van der Waals surface area (Å²) in [7, 11) is 0. The standard InChI is InChI=1S/C14H11N5O3/c1-6-5-7-3-2-4-8-10(7)19(6)14(22)9(11(8)20)12(21)13-15-17-18-16-13/h2-4,6,20H,5H2,1H3,(H,15,16,17,18)/t6-/m0/s1. The third-order valence-electron chi connectivity index (χ3n) is 4.02. The summed E-state index contributed by atoms with van der Waals surface area (Å²) in [6.07, 6.45) is 0.686. The van der Waals surface area contributed by atoms with Crippen molar-refractivity contribution >= 4 is 16.7 Å². The molecule has 22 heavy (non-hydrogen) atoms. The van der Waals surface area contributed by atoms with Crippen LogP contribution in [0, 0.1) is 0 Å². The van der Waals surface area contributed by atoms with Crippen LogP contribution >= 0.6 is 0 Å². The number of nitrogens with one attached hydrogen (secondary N) is 1. The van der Waals surface area contributed by atoms with Gasteiger partial charge in [-0.05, 0) is 30.2 Å². The summed E-state index contributed by atoms with van der Waals surface area (Å²) in [6, 6.07) is 5.33. The average Bonchev–Trinajstić information content (AvgIpc) is 3.12. The molecule has 8 nitrogen and oxygen atoms in total. The first-order valence-electron chi connectivity index (χ1n) is 6.76. The second-order valence-electron chi connectivity index (χ2n) is 5.33. The number of benzene rings is 1. The number of carbonyl (C=O) groups excluding carboxylic acids is 1. The van der Waals surface area contributed by atoms with Gasteiger partial charge >= 0.3 is 0 Å². The molecule has 0 amide bonds. The Morgan fingerprint density at radius 1 is 1.45 bits per heavy atom. The van der Waals surface area contributed by atoms with Crippen LogP contribution in [0.3, 0.4) is 0 Å². The van der Waals surface area contributed by atoms with E-state index in [0.717, 1.165) is 5.56 Å². The summed E-state index contributed by atoms with van der Waals surface area (Å²) in [5, 5.41) is 23.6. The van der Waals surface area contributed by atoms with Crippen molar-refractivity contribution in [1.82, 2.24) is 25.2 Å². The van der Waals surface area contributed by atoms with Crippen LogP contribution in [-0.4, -0.2) is 36.1 Å². The lowest BCUT2D eigenvalue weighted by Gasteiger charge is -2.12. The molecule has 0 fully saturated rings. The molecule has 0 spiro atoms. The van der Waals surface area contributed by atoms with Crippen molar-refractivity contribution in [2.24, 2.45) is 0 Å². The summed E-state index contributed by atoms with van der Waals surface area (Å²) in [5.74, 6) is -1.32. The van der Waals surface area contributed by atoms with Crippen LogP contribution < -0.4 is 5.56 Å². The summed E-state index contributed by atoms with van der Waals surface area (Å²) < 4.78 is 1.55. The first-order valence-corrected chi connectivity index (χ1v) is 6.76. The van der Waals surface area contributed by atoms with Crippen LogP contribution in [0.15, 0.2) is 23.0 Å². The molecular formula is C14H11N5O3. The number of H-pyrrole nitrogens is 1. The molecule has 1 aliphatic heterocycles. The Kier molecular flexibility index (Phi) is 2.44. The van der Waals surface area contributed by atoms with E-state index in [9.17, 15) is 14.7 Å². The second-order valence-corrected chi connectivity index (χ2v) is 5.33. The predicted molar refractivity (Wildman–Crippen MR) is 75.9 cm³/mol. The number of para-hydroxylation sites is 1. The van der Waals surface area contributed by atoms with Crippen molar-refractivity contribution in [1.29, 1.82) is 0 Å². The Hall–Kier alpha value is -3.03. The highest BCUT2D eigenvalue weighted by Gasteiger charge is 2.30. The molecule has 2 N–H and O–H groups in total. The van der Waals surface area contributed by atoms with Crippen LogP contribution in [0.1, 0.15) is 34.7 Å². The minimum Gasteiger partial charge on any atom is -0.506 e. The zero-order chi connectivity index (χ0) is 15.4. The highest BCUT2D eigenvalue weighted by atomic mass is 16.3. The predicted octanol–water partition coefficient (Wildman–Crippen LogP) is 0.568. The van der Waals surface area contributed by atoms with E-state index in [1.807, 2.05) is 13.0 Å². The van der Waals surface area contributed by atoms with Crippen molar-refractivity contribution in [3.8, 4) is 5.75 Å². The lowest BCUT2D eigenvalue weighted by Crippen LogP contribution is -2.28. The maximum absolute atomic E-state index is 12.7. The van der Waals surface area contributed by atoms with Crippen molar-refractivity contribution in [3.05, 3.63) is 45.5 Å². The Morgan fingerprint density at radius 2 is 2.27 bits per heavy atom. The van der Waals surface area contributed by atoms with E-state index in [-0.39, 0.29) is 23.2 Å². The van der Waals surface area contributed by atoms with Gasteiger partial charge in [0.2, 0.25) is 11.6 Å². The zero-order valence-electron chi connectivity index (χ0n) is 11.6. The minimum absolute atomic E-state index is 0.0789. The molecule has 0 saturated carbocycles. The number of carbonyl (C=O) groups is 1. The lowest BCUT2D eigenvalue weighted by molar-refractivity contribution is 0.102. The summed E-state index contributed by atoms with van der Waals surface area (Å²) in [5.41, 5.74) is 0.815. The number of ketones is 1. The van der Waals surface area contributed by atoms with Crippen molar-refractivity contribution < 1.29 is 9.90 Å². The van der Waals surface area contributed by atoms with E-state index in [0.29, 0.717) is 17.3 Å². The molecule has 8 heteroatoms. The molecule has 0 radical (unpaired) electrons. The van der Waals surface area contributed by atoms with Crippen molar-refractivity contribution in [2.75, 3.05) is 0 Å². The van der Waals surface area contributed by atoms with Gasteiger partial charge in [0.15, 0.2) is 0 Å². The lowest BCUT2D eigenvalue weighted by atomic mass is 10.0. The van der Waals surface area contributed by atoms with Gasteiger partial charge in [-0.1, -0.05) is 12.1 Å². The third-order valence-corrected chi connectivity index (χ3v) is 4.02. The van der Waals surface area contributed by atoms with E-state index in [1.54, 1.807) is 16.7 Å². The maximum Gasteiger partial charge on any atom is 0.266 e. The van der Waals surface area contributed by atoms with E-state index in [4.69, 9.17) is 0 Å². The van der Waals surface area contributed by atoms with E-state index < -0.39 is 11.3 Å². The van der Waals surface area contributed by atoms with Gasteiger partial charge in [0, 0.05) is 11.4 Å². The Balaban J connectivity index is 2.11. The molecule has 3 heterocycles. The van der Waals surface area contributed by atoms with Gasteiger partial charge in [-0.15, -0.1) is 10.2 Å². The second kappa shape index (κ2) is 4.23. The molecule has 0 saturated heterocycles. The van der Waals surface area contributed by atoms with Crippen LogP contribution in [0.2, 0.25) is 0 Å². The Labute approximate surface area is 123 Å². The molecule has 1 atom stereocenters. The van der Waals surface area contributed by atoms with Crippen LogP contribution in [0.4, 0.5) is 0 Å². The van der Waals surface area contributed by atoms with Gasteiger partial charge in [0.1, 0.15) is 11.3 Å². The monoisotopic (exact) mass is 297 g/mol. The summed E-state index contributed by atoms with van der Waals surface area (Å²) >= 11 is 0. The fourth-order valence-corrected chi connectivity index (χ4v) is 3.09. The van der Waals surface area contributed by atoms with E-state index in [1.165, 1.54) is 0 Å². The average molecular weight is 297 g/mol. The fourth-order valence-electron chi connectivity index (χ4n) is 3.09. The number of tetrazole rings is 1. The maximum atomic E-state index is 12.7. The van der Waals surface area contributed by atoms with Crippen LogP contribution in [0.25, 0.3) is 10.9 Å². The Bertz CT molecular complexity index is 974.